The van der Waals surface area contributed by atoms with Gasteiger partial charge in [-0.3, -0.25) is 0 Å². The predicted molar refractivity (Wildman–Crippen MR) is 83.2 cm³/mol. The van der Waals surface area contributed by atoms with Gasteiger partial charge in [-0.05, 0) is 43.2 Å². The first-order chi connectivity index (χ1) is 10.1. The van der Waals surface area contributed by atoms with Crippen LogP contribution in [0, 0.1) is 5.41 Å². The van der Waals surface area contributed by atoms with Crippen molar-refractivity contribution in [1.29, 1.82) is 0 Å². The summed E-state index contributed by atoms with van der Waals surface area (Å²) in [6.07, 6.45) is 9.17. The molecule has 0 unspecified atom stereocenters. The van der Waals surface area contributed by atoms with E-state index >= 15 is 0 Å². The number of carbonyl (C=O) groups is 1. The van der Waals surface area contributed by atoms with Gasteiger partial charge >= 0.3 is 5.97 Å². The molecule has 0 amide bonds. The standard InChI is InChI=1S/C16H21ClN2O2/c17-13-10-12(15(20)21)11-14(18-13)19-8-6-16(7-9-19)4-2-1-3-5-16/h10-11H,1-9H2,(H,20,21). The Kier molecular flexibility index (Phi) is 4.07. The fourth-order valence-electron chi connectivity index (χ4n) is 3.78. The molecule has 1 aromatic heterocycles. The van der Waals surface area contributed by atoms with Crippen LogP contribution in [0.5, 0.6) is 0 Å². The zero-order chi connectivity index (χ0) is 14.9. The van der Waals surface area contributed by atoms with Gasteiger partial charge < -0.3 is 10.0 Å². The summed E-state index contributed by atoms with van der Waals surface area (Å²) in [5, 5.41) is 9.38. The molecule has 2 heterocycles. The number of pyridine rings is 1. The number of hydrogen-bond acceptors (Lipinski definition) is 3. The first-order valence-electron chi connectivity index (χ1n) is 7.74. The molecule has 4 nitrogen and oxygen atoms in total. The van der Waals surface area contributed by atoms with E-state index in [0.29, 0.717) is 11.2 Å². The van der Waals surface area contributed by atoms with Gasteiger partial charge in [-0.1, -0.05) is 30.9 Å². The van der Waals surface area contributed by atoms with Crippen LogP contribution in [0.15, 0.2) is 12.1 Å². The highest BCUT2D eigenvalue weighted by Gasteiger charge is 2.35. The highest BCUT2D eigenvalue weighted by molar-refractivity contribution is 6.29. The number of rotatable bonds is 2. The van der Waals surface area contributed by atoms with Gasteiger partial charge in [-0.15, -0.1) is 0 Å². The maximum atomic E-state index is 11.1. The number of nitrogens with zero attached hydrogens (tertiary/aromatic N) is 2. The SMILES string of the molecule is O=C(O)c1cc(Cl)nc(N2CCC3(CCCCC3)CC2)c1. The van der Waals surface area contributed by atoms with E-state index in [0.717, 1.165) is 13.1 Å². The lowest BCUT2D eigenvalue weighted by molar-refractivity contribution is 0.0696. The Labute approximate surface area is 130 Å². The molecule has 0 bridgehead atoms. The maximum absolute atomic E-state index is 11.1. The molecule has 1 aliphatic heterocycles. The lowest BCUT2D eigenvalue weighted by Gasteiger charge is -2.44. The van der Waals surface area contributed by atoms with Crippen LogP contribution < -0.4 is 4.90 Å². The van der Waals surface area contributed by atoms with E-state index in [1.54, 1.807) is 6.07 Å². The molecule has 3 rings (SSSR count). The average molecular weight is 309 g/mol. The van der Waals surface area contributed by atoms with Gasteiger partial charge in [-0.2, -0.15) is 0 Å². The molecule has 0 radical (unpaired) electrons. The Bertz CT molecular complexity index is 531. The first kappa shape index (κ1) is 14.6. The molecule has 1 N–H and O–H groups in total. The van der Waals surface area contributed by atoms with E-state index in [4.69, 9.17) is 16.7 Å². The van der Waals surface area contributed by atoms with Crippen LogP contribution in [0.25, 0.3) is 0 Å². The smallest absolute Gasteiger partial charge is 0.335 e. The van der Waals surface area contributed by atoms with Crippen molar-refractivity contribution >= 4 is 23.4 Å². The monoisotopic (exact) mass is 308 g/mol. The third-order valence-corrected chi connectivity index (χ3v) is 5.28. The highest BCUT2D eigenvalue weighted by atomic mass is 35.5. The molecule has 1 aliphatic carbocycles. The lowest BCUT2D eigenvalue weighted by Crippen LogP contribution is -2.41. The number of anilines is 1. The molecule has 0 atom stereocenters. The Balaban J connectivity index is 1.73. The van der Waals surface area contributed by atoms with Crippen LogP contribution in [0.2, 0.25) is 5.15 Å². The van der Waals surface area contributed by atoms with Crippen molar-refractivity contribution in [1.82, 2.24) is 4.98 Å². The van der Waals surface area contributed by atoms with Crippen LogP contribution in [0.1, 0.15) is 55.3 Å². The number of aromatic carboxylic acids is 1. The van der Waals surface area contributed by atoms with E-state index in [1.807, 2.05) is 0 Å². The van der Waals surface area contributed by atoms with Crippen LogP contribution in [-0.2, 0) is 0 Å². The van der Waals surface area contributed by atoms with Gasteiger partial charge in [-0.25, -0.2) is 9.78 Å². The average Bonchev–Trinajstić information content (AvgIpc) is 2.48. The molecule has 5 heteroatoms. The summed E-state index contributed by atoms with van der Waals surface area (Å²) in [5.41, 5.74) is 0.742. The van der Waals surface area contributed by atoms with Crippen molar-refractivity contribution < 1.29 is 9.90 Å². The zero-order valence-electron chi connectivity index (χ0n) is 12.1. The Morgan fingerprint density at radius 1 is 1.14 bits per heavy atom. The summed E-state index contributed by atoms with van der Waals surface area (Å²) >= 11 is 5.95. The van der Waals surface area contributed by atoms with Gasteiger partial charge in [0.25, 0.3) is 0 Å². The molecule has 1 saturated carbocycles. The minimum absolute atomic E-state index is 0.211. The van der Waals surface area contributed by atoms with E-state index in [1.165, 1.54) is 51.0 Å². The topological polar surface area (TPSA) is 53.4 Å². The number of carboxylic acid groups (broad SMARTS) is 1. The Morgan fingerprint density at radius 2 is 1.81 bits per heavy atom. The molecule has 1 aromatic rings. The molecular formula is C16H21ClN2O2. The molecule has 114 valence electrons. The van der Waals surface area contributed by atoms with E-state index in [9.17, 15) is 4.79 Å². The van der Waals surface area contributed by atoms with Crippen molar-refractivity contribution in [2.75, 3.05) is 18.0 Å². The number of carboxylic acids is 1. The summed E-state index contributed by atoms with van der Waals surface area (Å²) in [7, 11) is 0. The highest BCUT2D eigenvalue weighted by Crippen LogP contribution is 2.45. The second kappa shape index (κ2) is 5.84. The van der Waals surface area contributed by atoms with Gasteiger partial charge in [0.2, 0.25) is 0 Å². The first-order valence-corrected chi connectivity index (χ1v) is 8.12. The molecule has 21 heavy (non-hydrogen) atoms. The van der Waals surface area contributed by atoms with Crippen LogP contribution >= 0.6 is 11.6 Å². The molecule has 0 aromatic carbocycles. The number of hydrogen-bond donors (Lipinski definition) is 1. The van der Waals surface area contributed by atoms with E-state index in [2.05, 4.69) is 9.88 Å². The fourth-order valence-corrected chi connectivity index (χ4v) is 3.98. The third-order valence-electron chi connectivity index (χ3n) is 5.09. The minimum Gasteiger partial charge on any atom is -0.478 e. The van der Waals surface area contributed by atoms with Crippen molar-refractivity contribution in [3.63, 3.8) is 0 Å². The summed E-state index contributed by atoms with van der Waals surface area (Å²) in [6, 6.07) is 3.03. The third kappa shape index (κ3) is 3.15. The van der Waals surface area contributed by atoms with Gasteiger partial charge in [0.15, 0.2) is 0 Å². The second-order valence-corrected chi connectivity index (χ2v) is 6.78. The fraction of sp³-hybridized carbons (Fsp3) is 0.625. The largest absolute Gasteiger partial charge is 0.478 e. The molecular weight excluding hydrogens is 288 g/mol. The zero-order valence-corrected chi connectivity index (χ0v) is 12.9. The molecule has 1 saturated heterocycles. The molecule has 2 fully saturated rings. The van der Waals surface area contributed by atoms with Crippen molar-refractivity contribution in [2.45, 2.75) is 44.9 Å². The number of piperidine rings is 1. The van der Waals surface area contributed by atoms with Crippen molar-refractivity contribution in [3.8, 4) is 0 Å². The van der Waals surface area contributed by atoms with Crippen molar-refractivity contribution in [3.05, 3.63) is 22.8 Å². The van der Waals surface area contributed by atoms with Gasteiger partial charge in [0, 0.05) is 13.1 Å². The van der Waals surface area contributed by atoms with Gasteiger partial charge in [0.05, 0.1) is 5.56 Å². The second-order valence-electron chi connectivity index (χ2n) is 6.39. The van der Waals surface area contributed by atoms with Crippen molar-refractivity contribution in [2.24, 2.45) is 5.41 Å². The minimum atomic E-state index is -0.957. The summed E-state index contributed by atoms with van der Waals surface area (Å²) in [4.78, 5) is 17.6. The Morgan fingerprint density at radius 3 is 2.43 bits per heavy atom. The Hall–Kier alpha value is -1.29. The van der Waals surface area contributed by atoms with E-state index < -0.39 is 5.97 Å². The summed E-state index contributed by atoms with van der Waals surface area (Å²) in [5.74, 6) is -0.258. The molecule has 2 aliphatic rings. The van der Waals surface area contributed by atoms with Crippen LogP contribution in [-0.4, -0.2) is 29.1 Å². The quantitative estimate of drug-likeness (QED) is 0.840. The molecule has 1 spiro atoms. The summed E-state index contributed by atoms with van der Waals surface area (Å²) < 4.78 is 0. The number of aromatic nitrogens is 1. The van der Waals surface area contributed by atoms with E-state index in [-0.39, 0.29) is 10.7 Å². The van der Waals surface area contributed by atoms with Crippen LogP contribution in [0.4, 0.5) is 5.82 Å². The summed E-state index contributed by atoms with van der Waals surface area (Å²) in [6.45, 7) is 1.90. The maximum Gasteiger partial charge on any atom is 0.335 e. The number of halogens is 1. The normalized spacial score (nSPS) is 21.5. The lowest BCUT2D eigenvalue weighted by atomic mass is 9.68. The van der Waals surface area contributed by atoms with Crippen LogP contribution in [0.3, 0.4) is 0 Å². The predicted octanol–water partition coefficient (Wildman–Crippen LogP) is 3.98. The van der Waals surface area contributed by atoms with Gasteiger partial charge in [0.1, 0.15) is 11.0 Å².